The molecule has 0 aliphatic heterocycles. The van der Waals surface area contributed by atoms with Gasteiger partial charge in [-0.1, -0.05) is 53.7 Å². The molecule has 3 aromatic carbocycles. The number of aromatic nitrogens is 2. The Balaban J connectivity index is 1.78. The Morgan fingerprint density at radius 1 is 0.818 bits per heavy atom. The molecule has 0 spiro atoms. The molecule has 0 aliphatic carbocycles. The predicted octanol–water partition coefficient (Wildman–Crippen LogP) is 5.24. The lowest BCUT2D eigenvalue weighted by atomic mass is 10.1. The van der Waals surface area contributed by atoms with Crippen LogP contribution in [-0.2, 0) is 0 Å². The summed E-state index contributed by atoms with van der Waals surface area (Å²) in [6.45, 7) is 2.10. The van der Waals surface area contributed by atoms with E-state index in [1.807, 2.05) is 18.3 Å². The van der Waals surface area contributed by atoms with Crippen molar-refractivity contribution < 1.29 is 0 Å². The van der Waals surface area contributed by atoms with E-state index in [-0.39, 0.29) is 0 Å². The highest BCUT2D eigenvalue weighted by molar-refractivity contribution is 7.99. The molecule has 0 unspecified atom stereocenters. The third-order valence-electron chi connectivity index (χ3n) is 3.60. The molecule has 0 fully saturated rings. The summed E-state index contributed by atoms with van der Waals surface area (Å²) in [5, 5.41) is 3.32. The molecule has 106 valence electrons. The van der Waals surface area contributed by atoms with Gasteiger partial charge in [0, 0.05) is 4.90 Å². The fourth-order valence-corrected chi connectivity index (χ4v) is 3.41. The van der Waals surface area contributed by atoms with Crippen LogP contribution in [0, 0.1) is 6.92 Å². The predicted molar refractivity (Wildman–Crippen MR) is 92.3 cm³/mol. The number of hydrogen-bond acceptors (Lipinski definition) is 3. The van der Waals surface area contributed by atoms with Gasteiger partial charge in [-0.05, 0) is 42.0 Å². The lowest BCUT2D eigenvalue weighted by molar-refractivity contribution is 1.12. The van der Waals surface area contributed by atoms with Crippen molar-refractivity contribution in [3.8, 4) is 0 Å². The Hall–Kier alpha value is -2.39. The highest BCUT2D eigenvalue weighted by Crippen LogP contribution is 2.28. The summed E-state index contributed by atoms with van der Waals surface area (Å²) in [5.41, 5.74) is 3.13. The van der Waals surface area contributed by atoms with Crippen molar-refractivity contribution in [2.45, 2.75) is 16.8 Å². The molecule has 0 saturated carbocycles. The number of hydrogen-bond donors (Lipinski definition) is 0. The molecule has 3 heteroatoms. The van der Waals surface area contributed by atoms with Crippen molar-refractivity contribution >= 4 is 33.6 Å². The molecule has 4 rings (SSSR count). The number of fused-ring (bicyclic) bond motifs is 2. The zero-order valence-corrected chi connectivity index (χ0v) is 13.0. The zero-order valence-electron chi connectivity index (χ0n) is 12.2. The molecule has 0 radical (unpaired) electrons. The molecule has 1 aromatic heterocycles. The van der Waals surface area contributed by atoms with Gasteiger partial charge in [-0.15, -0.1) is 0 Å². The summed E-state index contributed by atoms with van der Waals surface area (Å²) in [5.74, 6) is 0. The quantitative estimate of drug-likeness (QED) is 0.473. The standard InChI is InChI=1S/C19H14N2S/c1-13-5-4-8-16(9-13)22-19-12-20-17-10-14-6-2-3-7-15(14)11-18(17)21-19/h2-12H,1H3. The van der Waals surface area contributed by atoms with Crippen LogP contribution in [0.5, 0.6) is 0 Å². The van der Waals surface area contributed by atoms with Gasteiger partial charge >= 0.3 is 0 Å². The first kappa shape index (κ1) is 13.3. The molecular weight excluding hydrogens is 288 g/mol. The fourth-order valence-electron chi connectivity index (χ4n) is 2.53. The summed E-state index contributed by atoms with van der Waals surface area (Å²) in [6.07, 6.45) is 1.85. The highest BCUT2D eigenvalue weighted by Gasteiger charge is 2.04. The second kappa shape index (κ2) is 5.43. The largest absolute Gasteiger partial charge is 0.252 e. The Labute approximate surface area is 133 Å². The molecule has 0 bridgehead atoms. The van der Waals surface area contributed by atoms with E-state index < -0.39 is 0 Å². The van der Waals surface area contributed by atoms with Gasteiger partial charge in [0.2, 0.25) is 0 Å². The van der Waals surface area contributed by atoms with E-state index in [0.717, 1.165) is 16.1 Å². The first-order chi connectivity index (χ1) is 10.8. The van der Waals surface area contributed by atoms with Crippen LogP contribution in [0.2, 0.25) is 0 Å². The minimum atomic E-state index is 0.924. The third kappa shape index (κ3) is 2.55. The molecule has 22 heavy (non-hydrogen) atoms. The van der Waals surface area contributed by atoms with Crippen molar-refractivity contribution in [3.63, 3.8) is 0 Å². The van der Waals surface area contributed by atoms with Gasteiger partial charge in [-0.25, -0.2) is 4.98 Å². The lowest BCUT2D eigenvalue weighted by Gasteiger charge is -2.05. The van der Waals surface area contributed by atoms with Gasteiger partial charge in [0.05, 0.1) is 17.2 Å². The molecule has 0 amide bonds. The van der Waals surface area contributed by atoms with Crippen LogP contribution in [0.1, 0.15) is 5.56 Å². The van der Waals surface area contributed by atoms with Gasteiger partial charge in [-0.3, -0.25) is 4.98 Å². The van der Waals surface area contributed by atoms with Crippen molar-refractivity contribution in [1.82, 2.24) is 9.97 Å². The van der Waals surface area contributed by atoms with E-state index in [9.17, 15) is 0 Å². The average Bonchev–Trinajstić information content (AvgIpc) is 2.53. The van der Waals surface area contributed by atoms with Crippen LogP contribution in [0.25, 0.3) is 21.8 Å². The molecule has 0 atom stereocenters. The SMILES string of the molecule is Cc1cccc(Sc2cnc3cc4ccccc4cc3n2)c1. The molecule has 1 heterocycles. The Kier molecular flexibility index (Phi) is 3.28. The second-order valence-electron chi connectivity index (χ2n) is 5.31. The Morgan fingerprint density at radius 3 is 2.36 bits per heavy atom. The molecule has 0 aliphatic rings. The first-order valence-corrected chi connectivity index (χ1v) is 8.00. The Bertz CT molecular complexity index is 979. The van der Waals surface area contributed by atoms with Crippen molar-refractivity contribution in [3.05, 3.63) is 72.4 Å². The zero-order chi connectivity index (χ0) is 14.9. The van der Waals surface area contributed by atoms with E-state index >= 15 is 0 Å². The van der Waals surface area contributed by atoms with Gasteiger partial charge < -0.3 is 0 Å². The lowest BCUT2D eigenvalue weighted by Crippen LogP contribution is -1.87. The fraction of sp³-hybridized carbons (Fsp3) is 0.0526. The second-order valence-corrected chi connectivity index (χ2v) is 6.41. The highest BCUT2D eigenvalue weighted by atomic mass is 32.2. The summed E-state index contributed by atoms with van der Waals surface area (Å²) < 4.78 is 0. The maximum Gasteiger partial charge on any atom is 0.120 e. The van der Waals surface area contributed by atoms with Crippen LogP contribution >= 0.6 is 11.8 Å². The van der Waals surface area contributed by atoms with Gasteiger partial charge in [-0.2, -0.15) is 0 Å². The van der Waals surface area contributed by atoms with E-state index in [2.05, 4.69) is 60.4 Å². The van der Waals surface area contributed by atoms with Crippen LogP contribution in [0.15, 0.2) is 76.8 Å². The summed E-state index contributed by atoms with van der Waals surface area (Å²) >= 11 is 1.65. The van der Waals surface area contributed by atoms with Crippen molar-refractivity contribution in [1.29, 1.82) is 0 Å². The average molecular weight is 302 g/mol. The molecule has 0 N–H and O–H groups in total. The van der Waals surface area contributed by atoms with Gasteiger partial charge in [0.15, 0.2) is 0 Å². The Morgan fingerprint density at radius 2 is 1.59 bits per heavy atom. The van der Waals surface area contributed by atoms with E-state index in [4.69, 9.17) is 4.98 Å². The normalized spacial score (nSPS) is 11.1. The van der Waals surface area contributed by atoms with Crippen molar-refractivity contribution in [2.75, 3.05) is 0 Å². The van der Waals surface area contributed by atoms with E-state index in [1.165, 1.54) is 21.2 Å². The first-order valence-electron chi connectivity index (χ1n) is 7.18. The van der Waals surface area contributed by atoms with E-state index in [1.54, 1.807) is 11.8 Å². The van der Waals surface area contributed by atoms with Crippen LogP contribution in [0.4, 0.5) is 0 Å². The molecular formula is C19H14N2S. The number of aryl methyl sites for hydroxylation is 1. The van der Waals surface area contributed by atoms with Crippen LogP contribution in [0.3, 0.4) is 0 Å². The number of nitrogens with zero attached hydrogens (tertiary/aromatic N) is 2. The maximum absolute atomic E-state index is 4.75. The molecule has 4 aromatic rings. The van der Waals surface area contributed by atoms with Gasteiger partial charge in [0.1, 0.15) is 5.03 Å². The van der Waals surface area contributed by atoms with Gasteiger partial charge in [0.25, 0.3) is 0 Å². The molecule has 0 saturated heterocycles. The number of benzene rings is 3. The summed E-state index contributed by atoms with van der Waals surface area (Å²) in [6, 6.07) is 20.9. The number of rotatable bonds is 2. The third-order valence-corrected chi connectivity index (χ3v) is 4.50. The summed E-state index contributed by atoms with van der Waals surface area (Å²) in [4.78, 5) is 10.5. The minimum Gasteiger partial charge on any atom is -0.252 e. The minimum absolute atomic E-state index is 0.924. The smallest absolute Gasteiger partial charge is 0.120 e. The summed E-state index contributed by atoms with van der Waals surface area (Å²) in [7, 11) is 0. The molecule has 2 nitrogen and oxygen atoms in total. The topological polar surface area (TPSA) is 25.8 Å². The monoisotopic (exact) mass is 302 g/mol. The van der Waals surface area contributed by atoms with E-state index in [0.29, 0.717) is 0 Å². The maximum atomic E-state index is 4.75. The van der Waals surface area contributed by atoms with Crippen LogP contribution < -0.4 is 0 Å². The van der Waals surface area contributed by atoms with Crippen molar-refractivity contribution in [2.24, 2.45) is 0 Å². The van der Waals surface area contributed by atoms with Crippen LogP contribution in [-0.4, -0.2) is 9.97 Å².